The largest absolute Gasteiger partial charge is 0.332 e. The molecule has 146 valence electrons. The van der Waals surface area contributed by atoms with Gasteiger partial charge in [0.2, 0.25) is 5.78 Å². The highest BCUT2D eigenvalue weighted by atomic mass is 35.5. The molecule has 4 rings (SSSR count). The fourth-order valence-corrected chi connectivity index (χ4v) is 3.56. The highest BCUT2D eigenvalue weighted by Crippen LogP contribution is 2.25. The van der Waals surface area contributed by atoms with Crippen LogP contribution in [-0.2, 0) is 20.6 Å². The van der Waals surface area contributed by atoms with E-state index in [-0.39, 0.29) is 5.56 Å². The number of rotatable bonds is 4. The van der Waals surface area contributed by atoms with Gasteiger partial charge in [0, 0.05) is 31.2 Å². The quantitative estimate of drug-likeness (QED) is 0.527. The molecule has 9 heteroatoms. The van der Waals surface area contributed by atoms with Gasteiger partial charge in [-0.25, -0.2) is 9.20 Å². The average molecular weight is 401 g/mol. The third-order valence-electron chi connectivity index (χ3n) is 5.01. The molecule has 28 heavy (non-hydrogen) atoms. The molecule has 0 N–H and O–H groups in total. The lowest BCUT2D eigenvalue weighted by molar-refractivity contribution is 0.526. The maximum atomic E-state index is 13.0. The lowest BCUT2D eigenvalue weighted by Gasteiger charge is -2.08. The zero-order chi connectivity index (χ0) is 20.2. The number of aryl methyl sites for hydroxylation is 2. The maximum Gasteiger partial charge on any atom is 0.332 e. The second-order valence-electron chi connectivity index (χ2n) is 7.38. The van der Waals surface area contributed by atoms with Gasteiger partial charge in [-0.15, -0.1) is 10.2 Å². The average Bonchev–Trinajstić information content (AvgIpc) is 3.22. The van der Waals surface area contributed by atoms with Crippen LogP contribution in [0.3, 0.4) is 0 Å². The number of aromatic nitrogens is 6. The summed E-state index contributed by atoms with van der Waals surface area (Å²) in [7, 11) is 3.15. The number of imidazole rings is 1. The van der Waals surface area contributed by atoms with Gasteiger partial charge in [-0.1, -0.05) is 25.4 Å². The topological polar surface area (TPSA) is 79.1 Å². The summed E-state index contributed by atoms with van der Waals surface area (Å²) in [6.45, 7) is 4.86. The SMILES string of the molecule is CC(C)CCn1c2c(=O)n(C)c(=O)n(C)c2n2c(-c3ccc(Cl)cc3)nnc12. The van der Waals surface area contributed by atoms with Crippen molar-refractivity contribution in [2.24, 2.45) is 20.0 Å². The van der Waals surface area contributed by atoms with E-state index in [4.69, 9.17) is 11.6 Å². The predicted molar refractivity (Wildman–Crippen MR) is 109 cm³/mol. The van der Waals surface area contributed by atoms with E-state index in [0.29, 0.717) is 40.3 Å². The standard InChI is InChI=1S/C19H21ClN6O2/c1-11(2)9-10-25-14-16(23(3)19(28)24(4)17(14)27)26-15(21-22-18(25)26)12-5-7-13(20)8-6-12/h5-8,11H,9-10H2,1-4H3. The van der Waals surface area contributed by atoms with E-state index in [9.17, 15) is 9.59 Å². The van der Waals surface area contributed by atoms with Crippen molar-refractivity contribution in [2.45, 2.75) is 26.8 Å². The van der Waals surface area contributed by atoms with Crippen LogP contribution in [0.15, 0.2) is 33.9 Å². The van der Waals surface area contributed by atoms with Gasteiger partial charge in [-0.05, 0) is 36.6 Å². The number of nitrogens with zero attached hydrogens (tertiary/aromatic N) is 6. The van der Waals surface area contributed by atoms with Gasteiger partial charge in [0.05, 0.1) is 0 Å². The molecule has 0 amide bonds. The molecular formula is C19H21ClN6O2. The van der Waals surface area contributed by atoms with E-state index >= 15 is 0 Å². The van der Waals surface area contributed by atoms with Crippen LogP contribution in [0, 0.1) is 5.92 Å². The van der Waals surface area contributed by atoms with Crippen molar-refractivity contribution in [2.75, 3.05) is 0 Å². The van der Waals surface area contributed by atoms with Crippen LogP contribution in [0.4, 0.5) is 0 Å². The third-order valence-corrected chi connectivity index (χ3v) is 5.26. The monoisotopic (exact) mass is 400 g/mol. The molecule has 0 fully saturated rings. The van der Waals surface area contributed by atoms with Crippen molar-refractivity contribution in [3.63, 3.8) is 0 Å². The first-order valence-corrected chi connectivity index (χ1v) is 9.48. The van der Waals surface area contributed by atoms with Crippen molar-refractivity contribution in [1.29, 1.82) is 0 Å². The molecule has 0 aliphatic carbocycles. The normalized spacial score (nSPS) is 11.9. The molecular weight excluding hydrogens is 380 g/mol. The third kappa shape index (κ3) is 2.67. The van der Waals surface area contributed by atoms with Crippen molar-refractivity contribution < 1.29 is 0 Å². The minimum absolute atomic E-state index is 0.339. The number of halogens is 1. The summed E-state index contributed by atoms with van der Waals surface area (Å²) in [5.74, 6) is 1.55. The summed E-state index contributed by atoms with van der Waals surface area (Å²) in [6, 6.07) is 7.23. The minimum atomic E-state index is -0.392. The first-order valence-electron chi connectivity index (χ1n) is 9.10. The Balaban J connectivity index is 2.14. The highest BCUT2D eigenvalue weighted by Gasteiger charge is 2.23. The second kappa shape index (κ2) is 6.63. The number of fused-ring (bicyclic) bond motifs is 3. The van der Waals surface area contributed by atoms with Gasteiger partial charge >= 0.3 is 5.69 Å². The van der Waals surface area contributed by atoms with E-state index in [1.165, 1.54) is 11.6 Å². The highest BCUT2D eigenvalue weighted by molar-refractivity contribution is 6.30. The van der Waals surface area contributed by atoms with E-state index in [1.807, 2.05) is 16.7 Å². The van der Waals surface area contributed by atoms with Crippen LogP contribution in [0.25, 0.3) is 28.3 Å². The fraction of sp³-hybridized carbons (Fsp3) is 0.368. The van der Waals surface area contributed by atoms with Crippen LogP contribution < -0.4 is 11.2 Å². The van der Waals surface area contributed by atoms with Gasteiger partial charge in [-0.3, -0.25) is 13.9 Å². The molecule has 3 heterocycles. The summed E-state index contributed by atoms with van der Waals surface area (Å²) in [6.07, 6.45) is 0.870. The number of benzene rings is 1. The molecule has 0 atom stereocenters. The molecule has 1 aromatic carbocycles. The van der Waals surface area contributed by atoms with Crippen molar-refractivity contribution >= 4 is 28.5 Å². The Bertz CT molecular complexity index is 1310. The number of hydrogen-bond acceptors (Lipinski definition) is 4. The van der Waals surface area contributed by atoms with E-state index in [1.54, 1.807) is 23.6 Å². The van der Waals surface area contributed by atoms with E-state index < -0.39 is 5.69 Å². The number of hydrogen-bond donors (Lipinski definition) is 0. The summed E-state index contributed by atoms with van der Waals surface area (Å²) in [5, 5.41) is 9.31. The molecule has 0 aliphatic rings. The Kier molecular flexibility index (Phi) is 4.38. The van der Waals surface area contributed by atoms with Crippen LogP contribution in [-0.4, -0.2) is 28.3 Å². The summed E-state index contributed by atoms with van der Waals surface area (Å²) < 4.78 is 6.24. The van der Waals surface area contributed by atoms with E-state index in [0.717, 1.165) is 16.6 Å². The van der Waals surface area contributed by atoms with Crippen LogP contribution in [0.5, 0.6) is 0 Å². The van der Waals surface area contributed by atoms with Gasteiger partial charge in [0.1, 0.15) is 0 Å². The second-order valence-corrected chi connectivity index (χ2v) is 7.81. The van der Waals surface area contributed by atoms with Crippen LogP contribution in [0.2, 0.25) is 5.02 Å². The lowest BCUT2D eigenvalue weighted by atomic mass is 10.1. The molecule has 0 radical (unpaired) electrons. The Hall–Kier alpha value is -2.87. The smallest absolute Gasteiger partial charge is 0.302 e. The van der Waals surface area contributed by atoms with Gasteiger partial charge in [0.15, 0.2) is 17.0 Å². The van der Waals surface area contributed by atoms with Gasteiger partial charge < -0.3 is 4.57 Å². The first-order chi connectivity index (χ1) is 13.3. The van der Waals surface area contributed by atoms with Gasteiger partial charge in [-0.2, -0.15) is 0 Å². The van der Waals surface area contributed by atoms with E-state index in [2.05, 4.69) is 24.0 Å². The molecule has 0 spiro atoms. The minimum Gasteiger partial charge on any atom is -0.302 e. The maximum absolute atomic E-state index is 13.0. The molecule has 0 unspecified atom stereocenters. The molecule has 0 aliphatic heterocycles. The molecule has 3 aromatic heterocycles. The zero-order valence-electron chi connectivity index (χ0n) is 16.2. The molecule has 0 bridgehead atoms. The van der Waals surface area contributed by atoms with Crippen LogP contribution in [0.1, 0.15) is 20.3 Å². The van der Waals surface area contributed by atoms with Crippen LogP contribution >= 0.6 is 11.6 Å². The summed E-state index contributed by atoms with van der Waals surface area (Å²) in [4.78, 5) is 25.6. The molecule has 4 aromatic rings. The molecule has 8 nitrogen and oxygen atoms in total. The summed E-state index contributed by atoms with van der Waals surface area (Å²) in [5.41, 5.74) is 1.01. The summed E-state index contributed by atoms with van der Waals surface area (Å²) >= 11 is 6.01. The van der Waals surface area contributed by atoms with Crippen molar-refractivity contribution in [3.05, 3.63) is 50.1 Å². The lowest BCUT2D eigenvalue weighted by Crippen LogP contribution is -2.37. The zero-order valence-corrected chi connectivity index (χ0v) is 16.9. The fourth-order valence-electron chi connectivity index (χ4n) is 3.44. The first kappa shape index (κ1) is 18.5. The Labute approximate surface area is 165 Å². The van der Waals surface area contributed by atoms with Crippen molar-refractivity contribution in [3.8, 4) is 11.4 Å². The Morgan fingerprint density at radius 1 is 1.04 bits per heavy atom. The Morgan fingerprint density at radius 3 is 2.36 bits per heavy atom. The molecule has 0 saturated heterocycles. The molecule has 0 saturated carbocycles. The van der Waals surface area contributed by atoms with Crippen molar-refractivity contribution in [1.82, 2.24) is 28.3 Å². The Morgan fingerprint density at radius 2 is 1.71 bits per heavy atom. The van der Waals surface area contributed by atoms with Gasteiger partial charge in [0.25, 0.3) is 5.56 Å². The predicted octanol–water partition coefficient (Wildman–Crippen LogP) is 2.45.